The SMILES string of the molecule is [2H]Nc1cnc(N)[nH]1. The minimum Gasteiger partial charge on any atom is -0.384 e. The lowest BCUT2D eigenvalue weighted by atomic mass is 10.8. The second-order valence-corrected chi connectivity index (χ2v) is 1.18. The third kappa shape index (κ3) is 0.623. The van der Waals surface area contributed by atoms with Gasteiger partial charge in [0, 0.05) is 0 Å². The van der Waals surface area contributed by atoms with Crippen LogP contribution in [-0.4, -0.2) is 9.97 Å². The van der Waals surface area contributed by atoms with E-state index in [-0.39, 0.29) is 0 Å². The molecule has 0 aromatic carbocycles. The summed E-state index contributed by atoms with van der Waals surface area (Å²) in [5, 5.41) is 0. The molecule has 0 unspecified atom stereocenters. The van der Waals surface area contributed by atoms with Crippen molar-refractivity contribution in [2.75, 3.05) is 11.5 Å². The Labute approximate surface area is 42.0 Å². The van der Waals surface area contributed by atoms with Crippen LogP contribution in [0.2, 0.25) is 1.41 Å². The lowest BCUT2D eigenvalue weighted by molar-refractivity contribution is 1.33. The van der Waals surface area contributed by atoms with E-state index < -0.39 is 0 Å². The van der Waals surface area contributed by atoms with Crippen LogP contribution in [-0.2, 0) is 0 Å². The molecule has 7 heavy (non-hydrogen) atoms. The van der Waals surface area contributed by atoms with Crippen LogP contribution in [0.5, 0.6) is 0 Å². The first kappa shape index (κ1) is 2.90. The van der Waals surface area contributed by atoms with Crippen LogP contribution in [0, 0.1) is 0 Å². The molecule has 0 atom stereocenters. The van der Waals surface area contributed by atoms with Crippen LogP contribution >= 0.6 is 0 Å². The fraction of sp³-hybridized carbons (Fsp3) is 0. The van der Waals surface area contributed by atoms with Gasteiger partial charge in [0.05, 0.1) is 6.20 Å². The molecule has 0 fully saturated rings. The molecular formula is C3H6N4. The lowest BCUT2D eigenvalue weighted by Gasteiger charge is -1.76. The molecule has 1 rings (SSSR count). The van der Waals surface area contributed by atoms with Gasteiger partial charge in [0.2, 0.25) is 0 Å². The van der Waals surface area contributed by atoms with E-state index in [1.807, 2.05) is 0 Å². The maximum Gasteiger partial charge on any atom is 0.199 e. The Kier molecular flexibility index (Phi) is 0.474. The van der Waals surface area contributed by atoms with Gasteiger partial charge in [0.15, 0.2) is 7.36 Å². The van der Waals surface area contributed by atoms with Crippen molar-refractivity contribution < 1.29 is 1.41 Å². The van der Waals surface area contributed by atoms with Gasteiger partial charge in [0.1, 0.15) is 5.82 Å². The van der Waals surface area contributed by atoms with Gasteiger partial charge >= 0.3 is 0 Å². The Morgan fingerprint density at radius 2 is 2.86 bits per heavy atom. The smallest absolute Gasteiger partial charge is 0.199 e. The molecule has 0 radical (unpaired) electrons. The van der Waals surface area contributed by atoms with Crippen LogP contribution < -0.4 is 11.5 Å². The van der Waals surface area contributed by atoms with Crippen molar-refractivity contribution in [3.05, 3.63) is 6.20 Å². The van der Waals surface area contributed by atoms with Gasteiger partial charge in [-0.15, -0.1) is 0 Å². The van der Waals surface area contributed by atoms with E-state index in [0.29, 0.717) is 11.8 Å². The molecule has 0 spiro atoms. The third-order valence-electron chi connectivity index (χ3n) is 0.595. The number of aromatic amines is 1. The van der Waals surface area contributed by atoms with Gasteiger partial charge in [-0.2, -0.15) is 0 Å². The number of nitrogen functional groups attached to an aromatic ring is 2. The molecule has 5 N–H and O–H groups in total. The maximum atomic E-state index is 6.58. The Morgan fingerprint density at radius 3 is 3.14 bits per heavy atom. The topological polar surface area (TPSA) is 80.7 Å². The number of imidazole rings is 1. The summed E-state index contributed by atoms with van der Waals surface area (Å²) in [7, 11) is 0. The minimum absolute atomic E-state index is 0.319. The van der Waals surface area contributed by atoms with Crippen molar-refractivity contribution in [2.45, 2.75) is 0 Å². The number of hydrogen-bond acceptors (Lipinski definition) is 3. The van der Waals surface area contributed by atoms with Gasteiger partial charge in [-0.05, 0) is 0 Å². The zero-order chi connectivity index (χ0) is 5.98. The molecule has 1 aromatic rings. The predicted octanol–water partition coefficient (Wildman–Crippen LogP) is -0.426. The first-order valence-electron chi connectivity index (χ1n) is 2.31. The highest BCUT2D eigenvalue weighted by atomic mass is 15.1. The van der Waals surface area contributed by atoms with Crippen molar-refractivity contribution in [3.63, 3.8) is 0 Å². The summed E-state index contributed by atoms with van der Waals surface area (Å²) < 4.78 is 6.58. The molecular weight excluding hydrogens is 92.1 g/mol. The normalized spacial score (nSPS) is 10.6. The van der Waals surface area contributed by atoms with Gasteiger partial charge in [0.25, 0.3) is 0 Å². The summed E-state index contributed by atoms with van der Waals surface area (Å²) in [4.78, 5) is 6.22. The summed E-state index contributed by atoms with van der Waals surface area (Å²) >= 11 is 0. The largest absolute Gasteiger partial charge is 0.384 e. The van der Waals surface area contributed by atoms with Crippen molar-refractivity contribution in [2.24, 2.45) is 0 Å². The number of aromatic nitrogens is 2. The van der Waals surface area contributed by atoms with Crippen LogP contribution in [0.4, 0.5) is 11.8 Å². The zero-order valence-electron chi connectivity index (χ0n) is 4.60. The average Bonchev–Trinajstić information content (AvgIpc) is 2.14. The fourth-order valence-electron chi connectivity index (χ4n) is 0.337. The summed E-state index contributed by atoms with van der Waals surface area (Å²) in [6, 6.07) is 0. The van der Waals surface area contributed by atoms with E-state index in [1.165, 1.54) is 6.20 Å². The summed E-state index contributed by atoms with van der Waals surface area (Å²) in [6.07, 6.45) is 1.45. The third-order valence-corrected chi connectivity index (χ3v) is 0.595. The average molecular weight is 99.1 g/mol. The molecule has 0 aliphatic heterocycles. The molecule has 1 aromatic heterocycles. The molecule has 1 heterocycles. The maximum absolute atomic E-state index is 6.58. The molecule has 0 aliphatic carbocycles. The van der Waals surface area contributed by atoms with Crippen LogP contribution in [0.3, 0.4) is 0 Å². The molecule has 0 saturated heterocycles. The van der Waals surface area contributed by atoms with Crippen LogP contribution in [0.1, 0.15) is 0 Å². The Balaban J connectivity index is 2.84. The number of hydrogen-bond donors (Lipinski definition) is 3. The second-order valence-electron chi connectivity index (χ2n) is 1.18. The Hall–Kier alpha value is -1.19. The number of nitrogens with two attached hydrogens (primary N) is 2. The van der Waals surface area contributed by atoms with Gasteiger partial charge in [-0.3, -0.25) is 0 Å². The van der Waals surface area contributed by atoms with E-state index in [0.717, 1.165) is 0 Å². The van der Waals surface area contributed by atoms with E-state index in [1.54, 1.807) is 0 Å². The van der Waals surface area contributed by atoms with Gasteiger partial charge < -0.3 is 16.4 Å². The van der Waals surface area contributed by atoms with E-state index in [4.69, 9.17) is 7.15 Å². The highest BCUT2D eigenvalue weighted by molar-refractivity contribution is 5.32. The Morgan fingerprint density at radius 1 is 2.00 bits per heavy atom. The second kappa shape index (κ2) is 1.14. The highest BCUT2D eigenvalue weighted by Gasteiger charge is 1.84. The fourth-order valence-corrected chi connectivity index (χ4v) is 0.337. The molecule has 0 bridgehead atoms. The van der Waals surface area contributed by atoms with Crippen molar-refractivity contribution in [1.29, 1.82) is 0 Å². The van der Waals surface area contributed by atoms with E-state index >= 15 is 0 Å². The quantitative estimate of drug-likeness (QED) is 0.447. The van der Waals surface area contributed by atoms with E-state index in [2.05, 4.69) is 15.7 Å². The van der Waals surface area contributed by atoms with Crippen LogP contribution in [0.25, 0.3) is 0 Å². The standard InChI is InChI=1S/C3H6N4/c4-2-1-6-3(5)7-2/h1H,4H2,(H3,5,6,7)/i/hD. The van der Waals surface area contributed by atoms with Crippen LogP contribution in [0.15, 0.2) is 6.20 Å². The van der Waals surface area contributed by atoms with Crippen molar-refractivity contribution >= 4 is 11.8 Å². The number of nitrogens with one attached hydrogen (secondary N) is 1. The zero-order valence-corrected chi connectivity index (χ0v) is 3.60. The minimum atomic E-state index is 0.319. The molecule has 4 heteroatoms. The molecule has 0 amide bonds. The number of nitrogens with zero attached hydrogens (tertiary/aromatic N) is 1. The number of anilines is 2. The highest BCUT2D eigenvalue weighted by Crippen LogP contribution is 1.95. The predicted molar refractivity (Wildman–Crippen MR) is 27.4 cm³/mol. The summed E-state index contributed by atoms with van der Waals surface area (Å²) in [5.74, 6) is 0.822. The van der Waals surface area contributed by atoms with Gasteiger partial charge in [-0.1, -0.05) is 0 Å². The molecule has 4 nitrogen and oxygen atoms in total. The number of rotatable bonds is 1. The molecule has 38 valence electrons. The molecule has 0 saturated carbocycles. The lowest BCUT2D eigenvalue weighted by Crippen LogP contribution is -1.87. The molecule has 0 aliphatic rings. The number of H-pyrrole nitrogens is 1. The van der Waals surface area contributed by atoms with Gasteiger partial charge in [-0.25, -0.2) is 4.98 Å². The first-order chi connectivity index (χ1) is 3.83. The Bertz CT molecular complexity index is 172. The summed E-state index contributed by atoms with van der Waals surface area (Å²) in [6.45, 7) is 0. The van der Waals surface area contributed by atoms with E-state index in [9.17, 15) is 0 Å². The first-order valence-corrected chi connectivity index (χ1v) is 1.81. The van der Waals surface area contributed by atoms with Crippen molar-refractivity contribution in [1.82, 2.24) is 9.97 Å². The summed E-state index contributed by atoms with van der Waals surface area (Å²) in [5.41, 5.74) is 7.26. The van der Waals surface area contributed by atoms with Crippen molar-refractivity contribution in [3.8, 4) is 0 Å². The monoisotopic (exact) mass is 99.1 g/mol.